The van der Waals surface area contributed by atoms with E-state index in [9.17, 15) is 4.79 Å². The average Bonchev–Trinajstić information content (AvgIpc) is 2.33. The number of unbranched alkanes of at least 4 members (excludes halogenated alkanes) is 6. The molecule has 0 aromatic carbocycles. The summed E-state index contributed by atoms with van der Waals surface area (Å²) in [6.45, 7) is 5.83. The molecule has 17 heavy (non-hydrogen) atoms. The van der Waals surface area contributed by atoms with Crippen LogP contribution in [0.1, 0.15) is 71.1 Å². The second-order valence-corrected chi connectivity index (χ2v) is 4.61. The summed E-state index contributed by atoms with van der Waals surface area (Å²) in [6.07, 6.45) is 16.8. The third-order valence-corrected chi connectivity index (χ3v) is 2.91. The summed E-state index contributed by atoms with van der Waals surface area (Å²) in [4.78, 5) is 11.5. The molecule has 0 N–H and O–H groups in total. The lowest BCUT2D eigenvalue weighted by Gasteiger charge is -2.00. The lowest BCUT2D eigenvalue weighted by Crippen LogP contribution is -1.97. The van der Waals surface area contributed by atoms with Gasteiger partial charge in [-0.1, -0.05) is 57.4 Å². The van der Waals surface area contributed by atoms with Crippen LogP contribution in [-0.2, 0) is 4.79 Å². The van der Waals surface area contributed by atoms with Crippen molar-refractivity contribution in [2.45, 2.75) is 71.1 Å². The van der Waals surface area contributed by atoms with Crippen molar-refractivity contribution < 1.29 is 4.79 Å². The second-order valence-electron chi connectivity index (χ2n) is 4.61. The summed E-state index contributed by atoms with van der Waals surface area (Å²) >= 11 is 0. The summed E-state index contributed by atoms with van der Waals surface area (Å²) in [7, 11) is 0. The van der Waals surface area contributed by atoms with Crippen LogP contribution in [0.4, 0.5) is 0 Å². The van der Waals surface area contributed by atoms with Crippen LogP contribution in [0.25, 0.3) is 0 Å². The van der Waals surface area contributed by atoms with Gasteiger partial charge < -0.3 is 0 Å². The number of hydrogen-bond acceptors (Lipinski definition) is 1. The van der Waals surface area contributed by atoms with E-state index in [2.05, 4.69) is 19.6 Å². The lowest BCUT2D eigenvalue weighted by atomic mass is 10.0. The summed E-state index contributed by atoms with van der Waals surface area (Å²) in [6, 6.07) is 0. The van der Waals surface area contributed by atoms with Crippen molar-refractivity contribution in [3.8, 4) is 0 Å². The highest BCUT2D eigenvalue weighted by Gasteiger charge is 2.00. The first-order chi connectivity index (χ1) is 8.31. The van der Waals surface area contributed by atoms with E-state index in [-0.39, 0.29) is 0 Å². The van der Waals surface area contributed by atoms with Gasteiger partial charge in [0.25, 0.3) is 0 Å². The van der Waals surface area contributed by atoms with Crippen LogP contribution in [0.15, 0.2) is 24.8 Å². The monoisotopic (exact) mass is 236 g/mol. The Kier molecular flexibility index (Phi) is 12.6. The van der Waals surface area contributed by atoms with Crippen molar-refractivity contribution in [1.82, 2.24) is 0 Å². The van der Waals surface area contributed by atoms with Crippen LogP contribution < -0.4 is 0 Å². The fraction of sp³-hybridized carbons (Fsp3) is 0.688. The number of carbonyl (C=O) groups excluding carboxylic acids is 1. The van der Waals surface area contributed by atoms with Crippen LogP contribution in [0.3, 0.4) is 0 Å². The third-order valence-electron chi connectivity index (χ3n) is 2.91. The summed E-state index contributed by atoms with van der Waals surface area (Å²) in [5.74, 6) is 0.453. The molecule has 0 aliphatic heterocycles. The van der Waals surface area contributed by atoms with Crippen LogP contribution in [-0.4, -0.2) is 5.78 Å². The molecule has 0 aliphatic carbocycles. The van der Waals surface area contributed by atoms with E-state index in [1.807, 2.05) is 6.08 Å². The maximum absolute atomic E-state index is 11.5. The van der Waals surface area contributed by atoms with Gasteiger partial charge in [0, 0.05) is 12.8 Å². The summed E-state index contributed by atoms with van der Waals surface area (Å²) < 4.78 is 0. The first kappa shape index (κ1) is 16.1. The number of rotatable bonds is 12. The minimum absolute atomic E-state index is 0.453. The van der Waals surface area contributed by atoms with Crippen LogP contribution in [0.2, 0.25) is 0 Å². The Bertz CT molecular complexity index is 216. The van der Waals surface area contributed by atoms with Gasteiger partial charge in [0.05, 0.1) is 0 Å². The Balaban J connectivity index is 3.23. The van der Waals surface area contributed by atoms with E-state index in [0.717, 1.165) is 38.5 Å². The fourth-order valence-electron chi connectivity index (χ4n) is 1.83. The van der Waals surface area contributed by atoms with Crippen molar-refractivity contribution in [1.29, 1.82) is 0 Å². The van der Waals surface area contributed by atoms with Crippen molar-refractivity contribution >= 4 is 5.78 Å². The van der Waals surface area contributed by atoms with Crippen molar-refractivity contribution in [2.75, 3.05) is 0 Å². The van der Waals surface area contributed by atoms with Gasteiger partial charge in [0.2, 0.25) is 0 Å². The highest BCUT2D eigenvalue weighted by Crippen LogP contribution is 2.09. The quantitative estimate of drug-likeness (QED) is 0.335. The molecule has 0 amide bonds. The van der Waals surface area contributed by atoms with Gasteiger partial charge in [-0.3, -0.25) is 4.79 Å². The normalized spacial score (nSPS) is 10.9. The van der Waals surface area contributed by atoms with Crippen molar-refractivity contribution in [3.63, 3.8) is 0 Å². The Morgan fingerprint density at radius 2 is 1.65 bits per heavy atom. The smallest absolute Gasteiger partial charge is 0.132 e. The summed E-state index contributed by atoms with van der Waals surface area (Å²) in [5, 5.41) is 0. The number of ketones is 1. The van der Waals surface area contributed by atoms with Gasteiger partial charge in [-0.2, -0.15) is 0 Å². The molecule has 98 valence electrons. The molecule has 0 saturated carbocycles. The Hall–Kier alpha value is -0.850. The molecule has 0 radical (unpaired) electrons. The molecule has 0 aromatic heterocycles. The molecule has 1 heteroatoms. The minimum atomic E-state index is 0.453. The van der Waals surface area contributed by atoms with Crippen molar-refractivity contribution in [2.24, 2.45) is 0 Å². The standard InChI is InChI=1S/C16H28O/c1-3-5-7-9-11-13-15-16(17)14-12-10-8-6-4-2/h3,5,7H,1,4,6,8-15H2,2H3/b7-5-. The molecule has 0 aliphatic rings. The lowest BCUT2D eigenvalue weighted by molar-refractivity contribution is -0.119. The van der Waals surface area contributed by atoms with Crippen molar-refractivity contribution in [3.05, 3.63) is 24.8 Å². The van der Waals surface area contributed by atoms with Gasteiger partial charge in [-0.25, -0.2) is 0 Å². The highest BCUT2D eigenvalue weighted by molar-refractivity contribution is 5.78. The van der Waals surface area contributed by atoms with Gasteiger partial charge in [0.1, 0.15) is 5.78 Å². The predicted octanol–water partition coefficient (Wildman–Crippen LogP) is 5.22. The largest absolute Gasteiger partial charge is 0.300 e. The molecular weight excluding hydrogens is 208 g/mol. The SMILES string of the molecule is C=C/C=C\CCCCC(=O)CCCCCCC. The highest BCUT2D eigenvalue weighted by atomic mass is 16.1. The predicted molar refractivity (Wildman–Crippen MR) is 76.2 cm³/mol. The molecule has 0 aromatic rings. The van der Waals surface area contributed by atoms with Crippen LogP contribution in [0, 0.1) is 0 Å². The summed E-state index contributed by atoms with van der Waals surface area (Å²) in [5.41, 5.74) is 0. The zero-order valence-electron chi connectivity index (χ0n) is 11.4. The van der Waals surface area contributed by atoms with E-state index in [0.29, 0.717) is 5.78 Å². The third kappa shape index (κ3) is 13.1. The van der Waals surface area contributed by atoms with Crippen LogP contribution in [0.5, 0.6) is 0 Å². The van der Waals surface area contributed by atoms with E-state index >= 15 is 0 Å². The maximum Gasteiger partial charge on any atom is 0.132 e. The molecule has 0 unspecified atom stereocenters. The zero-order chi connectivity index (χ0) is 12.8. The fourth-order valence-corrected chi connectivity index (χ4v) is 1.83. The molecule has 0 rings (SSSR count). The Morgan fingerprint density at radius 3 is 2.29 bits per heavy atom. The molecule has 0 heterocycles. The molecule has 0 saturated heterocycles. The van der Waals surface area contributed by atoms with E-state index < -0.39 is 0 Å². The van der Waals surface area contributed by atoms with E-state index in [4.69, 9.17) is 0 Å². The topological polar surface area (TPSA) is 17.1 Å². The van der Waals surface area contributed by atoms with Gasteiger partial charge >= 0.3 is 0 Å². The number of allylic oxidation sites excluding steroid dienone is 3. The Labute approximate surface area is 107 Å². The minimum Gasteiger partial charge on any atom is -0.300 e. The first-order valence-electron chi connectivity index (χ1n) is 7.10. The molecule has 0 bridgehead atoms. The molecule has 1 nitrogen and oxygen atoms in total. The second kappa shape index (κ2) is 13.2. The maximum atomic E-state index is 11.5. The number of hydrogen-bond donors (Lipinski definition) is 0. The van der Waals surface area contributed by atoms with Gasteiger partial charge in [-0.15, -0.1) is 0 Å². The van der Waals surface area contributed by atoms with Crippen LogP contribution >= 0.6 is 0 Å². The number of carbonyl (C=O) groups is 1. The van der Waals surface area contributed by atoms with Gasteiger partial charge in [0.15, 0.2) is 0 Å². The van der Waals surface area contributed by atoms with Gasteiger partial charge in [-0.05, 0) is 25.7 Å². The molecule has 0 fully saturated rings. The number of Topliss-reactive ketones (excluding diaryl/α,β-unsaturated/α-hetero) is 1. The van der Waals surface area contributed by atoms with E-state index in [1.165, 1.54) is 25.7 Å². The first-order valence-corrected chi connectivity index (χ1v) is 7.10. The average molecular weight is 236 g/mol. The molecular formula is C16H28O. The zero-order valence-corrected chi connectivity index (χ0v) is 11.4. The van der Waals surface area contributed by atoms with E-state index in [1.54, 1.807) is 6.08 Å². The molecule has 0 atom stereocenters. The molecule has 0 spiro atoms. The Morgan fingerprint density at radius 1 is 1.00 bits per heavy atom.